The molecule has 1 saturated carbocycles. The SMILES string of the molecule is Cc1n(CCOC(=O)Cc2cccc(C3CCCCCC3)c2O)cc[n+]1C.[I-]. The number of aromatic hydroxyl groups is 1. The van der Waals surface area contributed by atoms with Crippen LogP contribution in [0.1, 0.15) is 61.4 Å². The topological polar surface area (TPSA) is 55.3 Å². The summed E-state index contributed by atoms with van der Waals surface area (Å²) in [6.45, 7) is 2.99. The molecular weight excluding hydrogens is 467 g/mol. The van der Waals surface area contributed by atoms with Crippen LogP contribution in [0.3, 0.4) is 0 Å². The summed E-state index contributed by atoms with van der Waals surface area (Å²) in [4.78, 5) is 12.2. The molecule has 1 aliphatic rings. The summed E-state index contributed by atoms with van der Waals surface area (Å²) in [6.07, 6.45) is 11.3. The molecule has 0 bridgehead atoms. The van der Waals surface area contributed by atoms with Crippen molar-refractivity contribution < 1.29 is 43.2 Å². The molecule has 1 fully saturated rings. The van der Waals surface area contributed by atoms with Crippen LogP contribution in [-0.2, 0) is 29.5 Å². The molecule has 2 aromatic rings. The van der Waals surface area contributed by atoms with E-state index in [9.17, 15) is 9.90 Å². The van der Waals surface area contributed by atoms with Crippen LogP contribution in [-0.4, -0.2) is 22.2 Å². The van der Waals surface area contributed by atoms with Gasteiger partial charge in [-0.05, 0) is 24.3 Å². The number of phenolic OH excluding ortho intramolecular Hbond substituents is 1. The molecule has 1 heterocycles. The van der Waals surface area contributed by atoms with Crippen molar-refractivity contribution in [1.29, 1.82) is 0 Å². The number of aryl methyl sites for hydroxylation is 1. The van der Waals surface area contributed by atoms with Crippen molar-refractivity contribution in [1.82, 2.24) is 4.57 Å². The van der Waals surface area contributed by atoms with Gasteiger partial charge in [0.1, 0.15) is 31.3 Å². The predicted molar refractivity (Wildman–Crippen MR) is 104 cm³/mol. The Bertz CT molecular complexity index is 780. The van der Waals surface area contributed by atoms with Crippen molar-refractivity contribution in [3.8, 4) is 5.75 Å². The number of nitrogens with zero attached hydrogens (tertiary/aromatic N) is 2. The molecule has 3 rings (SSSR count). The van der Waals surface area contributed by atoms with Gasteiger partial charge in [-0.3, -0.25) is 4.79 Å². The van der Waals surface area contributed by atoms with Crippen LogP contribution in [0.25, 0.3) is 0 Å². The first-order valence-corrected chi connectivity index (χ1v) is 10.0. The lowest BCUT2D eigenvalue weighted by molar-refractivity contribution is -0.677. The third-order valence-electron chi connectivity index (χ3n) is 5.77. The van der Waals surface area contributed by atoms with Crippen molar-refractivity contribution in [2.75, 3.05) is 6.61 Å². The molecule has 0 atom stereocenters. The highest BCUT2D eigenvalue weighted by Crippen LogP contribution is 2.37. The fourth-order valence-electron chi connectivity index (χ4n) is 3.97. The molecule has 1 aromatic carbocycles. The van der Waals surface area contributed by atoms with Gasteiger partial charge in [-0.15, -0.1) is 0 Å². The van der Waals surface area contributed by atoms with E-state index in [-0.39, 0.29) is 42.1 Å². The van der Waals surface area contributed by atoms with Gasteiger partial charge in [0.15, 0.2) is 0 Å². The summed E-state index contributed by atoms with van der Waals surface area (Å²) in [5.74, 6) is 1.51. The first-order valence-electron chi connectivity index (χ1n) is 10.0. The number of esters is 1. The van der Waals surface area contributed by atoms with Gasteiger partial charge >= 0.3 is 5.97 Å². The number of hydrogen-bond donors (Lipinski definition) is 1. The zero-order valence-electron chi connectivity index (χ0n) is 16.9. The highest BCUT2D eigenvalue weighted by Gasteiger charge is 2.20. The van der Waals surface area contributed by atoms with Crippen LogP contribution < -0.4 is 28.5 Å². The van der Waals surface area contributed by atoms with Gasteiger partial charge in [0, 0.05) is 12.5 Å². The Kier molecular flexibility index (Phi) is 8.79. The third kappa shape index (κ3) is 5.72. The maximum atomic E-state index is 12.2. The molecule has 154 valence electrons. The average molecular weight is 498 g/mol. The van der Waals surface area contributed by atoms with Crippen molar-refractivity contribution in [2.45, 2.75) is 64.3 Å². The van der Waals surface area contributed by atoms with Gasteiger partial charge in [-0.25, -0.2) is 9.13 Å². The zero-order chi connectivity index (χ0) is 19.2. The fourth-order valence-corrected chi connectivity index (χ4v) is 3.97. The van der Waals surface area contributed by atoms with Crippen LogP contribution in [0.15, 0.2) is 30.6 Å². The van der Waals surface area contributed by atoms with E-state index >= 15 is 0 Å². The van der Waals surface area contributed by atoms with E-state index in [1.54, 1.807) is 0 Å². The molecule has 0 aliphatic heterocycles. The zero-order valence-corrected chi connectivity index (χ0v) is 19.0. The van der Waals surface area contributed by atoms with Gasteiger partial charge in [-0.2, -0.15) is 0 Å². The molecule has 28 heavy (non-hydrogen) atoms. The Morgan fingerprint density at radius 2 is 1.96 bits per heavy atom. The minimum absolute atomic E-state index is 0. The first-order chi connectivity index (χ1) is 13.1. The van der Waals surface area contributed by atoms with E-state index in [1.165, 1.54) is 25.7 Å². The Morgan fingerprint density at radius 3 is 2.61 bits per heavy atom. The quantitative estimate of drug-likeness (QED) is 0.274. The van der Waals surface area contributed by atoms with Crippen LogP contribution in [0.4, 0.5) is 0 Å². The van der Waals surface area contributed by atoms with E-state index in [4.69, 9.17) is 4.74 Å². The molecule has 0 saturated heterocycles. The number of aromatic nitrogens is 2. The van der Waals surface area contributed by atoms with Gasteiger partial charge in [-0.1, -0.05) is 43.9 Å². The molecule has 0 spiro atoms. The number of carbonyl (C=O) groups is 1. The second-order valence-electron chi connectivity index (χ2n) is 7.59. The molecule has 1 N–H and O–H groups in total. The van der Waals surface area contributed by atoms with E-state index in [2.05, 4.69) is 4.57 Å². The Labute approximate surface area is 184 Å². The maximum absolute atomic E-state index is 12.2. The number of benzene rings is 1. The van der Waals surface area contributed by atoms with Crippen molar-refractivity contribution in [3.05, 3.63) is 47.5 Å². The first kappa shape index (κ1) is 22.7. The molecule has 1 aliphatic carbocycles. The Hall–Kier alpha value is -1.57. The smallest absolute Gasteiger partial charge is 0.310 e. The normalized spacial score (nSPS) is 14.9. The van der Waals surface area contributed by atoms with Gasteiger partial charge in [0.25, 0.3) is 5.82 Å². The Morgan fingerprint density at radius 1 is 1.25 bits per heavy atom. The largest absolute Gasteiger partial charge is 1.00 e. The van der Waals surface area contributed by atoms with Crippen LogP contribution in [0, 0.1) is 6.92 Å². The average Bonchev–Trinajstić information content (AvgIpc) is 2.86. The van der Waals surface area contributed by atoms with Gasteiger partial charge in [0.2, 0.25) is 0 Å². The van der Waals surface area contributed by atoms with E-state index < -0.39 is 0 Å². The summed E-state index contributed by atoms with van der Waals surface area (Å²) in [5, 5.41) is 10.7. The lowest BCUT2D eigenvalue weighted by Crippen LogP contribution is -3.00. The van der Waals surface area contributed by atoms with Crippen LogP contribution >= 0.6 is 0 Å². The number of para-hydroxylation sites is 1. The van der Waals surface area contributed by atoms with E-state index in [0.717, 1.165) is 24.2 Å². The van der Waals surface area contributed by atoms with Crippen molar-refractivity contribution in [2.24, 2.45) is 7.05 Å². The number of phenols is 1. The fraction of sp³-hybridized carbons (Fsp3) is 0.545. The van der Waals surface area contributed by atoms with Gasteiger partial charge in [0.05, 0.1) is 13.5 Å². The standard InChI is InChI=1S/C22H30N2O3.HI/c1-17-23(2)12-13-24(17)14-15-27-21(25)16-19-10-7-11-20(22(19)26)18-8-5-3-4-6-9-18;/h7,10-13,18H,3-6,8-9,14-16H2,1-2H3;1H. The molecule has 6 heteroatoms. The summed E-state index contributed by atoms with van der Waals surface area (Å²) >= 11 is 0. The lowest BCUT2D eigenvalue weighted by atomic mass is 9.89. The van der Waals surface area contributed by atoms with Gasteiger partial charge < -0.3 is 33.8 Å². The summed E-state index contributed by atoms with van der Waals surface area (Å²) in [5.41, 5.74) is 1.67. The molecule has 0 unspecified atom stereocenters. The summed E-state index contributed by atoms with van der Waals surface area (Å²) in [6, 6.07) is 5.79. The number of imidazole rings is 1. The van der Waals surface area contributed by atoms with Crippen LogP contribution in [0.2, 0.25) is 0 Å². The monoisotopic (exact) mass is 498 g/mol. The highest BCUT2D eigenvalue weighted by molar-refractivity contribution is 5.73. The van der Waals surface area contributed by atoms with Crippen molar-refractivity contribution >= 4 is 5.97 Å². The highest BCUT2D eigenvalue weighted by atomic mass is 127. The third-order valence-corrected chi connectivity index (χ3v) is 5.77. The minimum atomic E-state index is -0.294. The second-order valence-corrected chi connectivity index (χ2v) is 7.59. The molecule has 0 amide bonds. The maximum Gasteiger partial charge on any atom is 0.310 e. The van der Waals surface area contributed by atoms with E-state index in [1.807, 2.05) is 49.1 Å². The number of halogens is 1. The molecule has 1 aromatic heterocycles. The number of hydrogen-bond acceptors (Lipinski definition) is 3. The molecular formula is C22H31IN2O3. The van der Waals surface area contributed by atoms with Crippen molar-refractivity contribution in [3.63, 3.8) is 0 Å². The summed E-state index contributed by atoms with van der Waals surface area (Å²) in [7, 11) is 1.99. The summed E-state index contributed by atoms with van der Waals surface area (Å²) < 4.78 is 9.47. The predicted octanol–water partition coefficient (Wildman–Crippen LogP) is 0.554. The Balaban J connectivity index is 0.00000280. The van der Waals surface area contributed by atoms with Crippen LogP contribution in [0.5, 0.6) is 5.75 Å². The van der Waals surface area contributed by atoms with E-state index in [0.29, 0.717) is 24.6 Å². The second kappa shape index (κ2) is 10.8. The molecule has 5 nitrogen and oxygen atoms in total. The number of carbonyl (C=O) groups excluding carboxylic acids is 1. The number of rotatable bonds is 6. The molecule has 0 radical (unpaired) electrons. The minimum Gasteiger partial charge on any atom is -1.00 e. The number of ether oxygens (including phenoxy) is 1. The lowest BCUT2D eigenvalue weighted by Gasteiger charge is -2.18.